The van der Waals surface area contributed by atoms with Crippen LogP contribution in [0.3, 0.4) is 0 Å². The maximum atomic E-state index is 12.6. The van der Waals surface area contributed by atoms with E-state index in [9.17, 15) is 14.7 Å². The molecule has 0 fully saturated rings. The molecule has 0 saturated heterocycles. The van der Waals surface area contributed by atoms with Crippen molar-refractivity contribution in [1.82, 2.24) is 15.3 Å². The van der Waals surface area contributed by atoms with Crippen LogP contribution in [0, 0.1) is 0 Å². The number of aromatic carboxylic acids is 1. The molecule has 6 N–H and O–H groups in total. The van der Waals surface area contributed by atoms with Gasteiger partial charge in [0.15, 0.2) is 0 Å². The fourth-order valence-electron chi connectivity index (χ4n) is 6.25. The highest BCUT2D eigenvalue weighted by atomic mass is 32.1. The van der Waals surface area contributed by atoms with Crippen molar-refractivity contribution in [3.8, 4) is 43.4 Å². The number of nitrogens with zero attached hydrogens (tertiary/aromatic N) is 2. The number of pyridine rings is 2. The number of carboxylic acids is 1. The highest BCUT2D eigenvalue weighted by Gasteiger charge is 2.25. The highest BCUT2D eigenvalue weighted by molar-refractivity contribution is 7.21. The third-order valence-electron chi connectivity index (χ3n) is 8.53. The Labute approximate surface area is 322 Å². The molecule has 12 heteroatoms. The molecule has 0 radical (unpaired) electrons. The van der Waals surface area contributed by atoms with Crippen molar-refractivity contribution >= 4 is 89.0 Å². The Kier molecular flexibility index (Phi) is 10.4. The van der Waals surface area contributed by atoms with E-state index >= 15 is 0 Å². The summed E-state index contributed by atoms with van der Waals surface area (Å²) in [5.41, 5.74) is 20.5. The minimum absolute atomic E-state index is 0.0466. The molecular weight excluding hydrogens is 739 g/mol. The van der Waals surface area contributed by atoms with E-state index in [1.165, 1.54) is 11.3 Å². The number of fused-ring (bicyclic) bond motifs is 2. The second-order valence-electron chi connectivity index (χ2n) is 12.4. The summed E-state index contributed by atoms with van der Waals surface area (Å²) >= 11 is 5.77. The Morgan fingerprint density at radius 1 is 0.755 bits per heavy atom. The maximum Gasteiger partial charge on any atom is 0.348 e. The van der Waals surface area contributed by atoms with Crippen molar-refractivity contribution < 1.29 is 14.7 Å². The van der Waals surface area contributed by atoms with Crippen LogP contribution in [-0.2, 0) is 6.42 Å². The Morgan fingerprint density at radius 3 is 1.92 bits per heavy atom. The van der Waals surface area contributed by atoms with Gasteiger partial charge < -0.3 is 21.9 Å². The monoisotopic (exact) mass is 773 g/mol. The summed E-state index contributed by atoms with van der Waals surface area (Å²) in [5, 5.41) is 18.1. The van der Waals surface area contributed by atoms with Crippen molar-refractivity contribution in [1.29, 1.82) is 0 Å². The maximum absolute atomic E-state index is 12.6. The lowest BCUT2D eigenvalue weighted by atomic mass is 9.93. The van der Waals surface area contributed by atoms with Crippen LogP contribution in [0.2, 0.25) is 0 Å². The summed E-state index contributed by atoms with van der Waals surface area (Å²) in [7, 11) is 0. The Morgan fingerprint density at radius 2 is 1.34 bits per heavy atom. The predicted octanol–water partition coefficient (Wildman–Crippen LogP) is 10.9. The van der Waals surface area contributed by atoms with E-state index in [1.54, 1.807) is 22.7 Å². The summed E-state index contributed by atoms with van der Waals surface area (Å²) < 4.78 is 0. The standard InChI is InChI=1S/C21H19N3OS2.C20H16N2O2S2/c1-12(2)23-20(25)19-18(22)17-14(13-7-4-3-5-8-13)11-15(24-21(17)27-19)16-9-6-10-26-16;1-2-12-14(11-7-4-3-5-8-11)15-16(21)18(20(23)24)26-19(15)22-17(12)13-9-6-10-25-13/h3-12H,22H2,1-2H3,(H,23,25);3-10H,2,21H2,1H3,(H,23,24). The van der Waals surface area contributed by atoms with Crippen molar-refractivity contribution in [2.45, 2.75) is 33.2 Å². The van der Waals surface area contributed by atoms with Crippen LogP contribution < -0.4 is 16.8 Å². The minimum atomic E-state index is -1.01. The molecule has 0 unspecified atom stereocenters. The quantitative estimate of drug-likeness (QED) is 0.120. The first kappa shape index (κ1) is 36.0. The fraction of sp³-hybridized carbons (Fsp3) is 0.122. The van der Waals surface area contributed by atoms with E-state index in [0.717, 1.165) is 82.3 Å². The molecule has 8 nitrogen and oxygen atoms in total. The van der Waals surface area contributed by atoms with Gasteiger partial charge in [0, 0.05) is 16.8 Å². The second kappa shape index (κ2) is 15.3. The topological polar surface area (TPSA) is 144 Å². The average molecular weight is 774 g/mol. The number of hydrogen-bond acceptors (Lipinski definition) is 10. The first-order chi connectivity index (χ1) is 25.7. The number of hydrogen-bond donors (Lipinski definition) is 4. The third-order valence-corrected chi connectivity index (χ3v) is 12.5. The molecule has 0 aliphatic heterocycles. The number of amides is 1. The molecule has 0 spiro atoms. The summed E-state index contributed by atoms with van der Waals surface area (Å²) in [4.78, 5) is 38.1. The van der Waals surface area contributed by atoms with Gasteiger partial charge in [-0.2, -0.15) is 0 Å². The van der Waals surface area contributed by atoms with Crippen LogP contribution in [-0.4, -0.2) is 33.0 Å². The zero-order valence-corrected chi connectivity index (χ0v) is 32.3. The van der Waals surface area contributed by atoms with Crippen molar-refractivity contribution in [3.63, 3.8) is 0 Å². The van der Waals surface area contributed by atoms with Gasteiger partial charge in [0.25, 0.3) is 5.91 Å². The number of carboxylic acid groups (broad SMARTS) is 1. The fourth-order valence-corrected chi connectivity index (χ4v) is 9.64. The number of benzene rings is 2. The lowest BCUT2D eigenvalue weighted by Gasteiger charge is -2.15. The number of thiophene rings is 4. The molecule has 0 aliphatic carbocycles. The normalized spacial score (nSPS) is 11.2. The minimum Gasteiger partial charge on any atom is -0.477 e. The Balaban J connectivity index is 0.000000164. The van der Waals surface area contributed by atoms with Gasteiger partial charge in [-0.3, -0.25) is 4.79 Å². The van der Waals surface area contributed by atoms with E-state index in [-0.39, 0.29) is 16.8 Å². The number of anilines is 2. The number of nitrogens with one attached hydrogen (secondary N) is 1. The van der Waals surface area contributed by atoms with E-state index in [2.05, 4.69) is 36.5 Å². The van der Waals surface area contributed by atoms with E-state index in [4.69, 9.17) is 21.4 Å². The van der Waals surface area contributed by atoms with E-state index in [1.807, 2.05) is 91.3 Å². The molecule has 0 saturated carbocycles. The average Bonchev–Trinajstić information content (AvgIpc) is 3.99. The number of nitrogens with two attached hydrogens (primary N) is 2. The number of nitrogen functional groups attached to an aromatic ring is 2. The second-order valence-corrected chi connectivity index (χ2v) is 16.3. The molecule has 0 bridgehead atoms. The Hall–Kier alpha value is -5.40. The van der Waals surface area contributed by atoms with Gasteiger partial charge in [0.2, 0.25) is 0 Å². The lowest BCUT2D eigenvalue weighted by molar-refractivity contribution is 0.0703. The highest BCUT2D eigenvalue weighted by Crippen LogP contribution is 2.45. The van der Waals surface area contributed by atoms with Crippen LogP contribution in [0.25, 0.3) is 63.8 Å². The molecular formula is C41H35N5O3S4. The molecule has 6 heterocycles. The van der Waals surface area contributed by atoms with Gasteiger partial charge in [-0.25, -0.2) is 14.8 Å². The van der Waals surface area contributed by atoms with Gasteiger partial charge >= 0.3 is 5.97 Å². The molecule has 0 atom stereocenters. The van der Waals surface area contributed by atoms with Gasteiger partial charge in [0.05, 0.1) is 32.5 Å². The molecule has 0 aliphatic rings. The molecule has 53 heavy (non-hydrogen) atoms. The predicted molar refractivity (Wildman–Crippen MR) is 225 cm³/mol. The SMILES string of the molecule is CC(C)NC(=O)c1sc2nc(-c3cccs3)cc(-c3ccccc3)c2c1N.CCc1c(-c2cccs2)nc2sc(C(=O)O)c(N)c2c1-c1ccccc1. The molecule has 6 aromatic heterocycles. The van der Waals surface area contributed by atoms with Crippen LogP contribution >= 0.6 is 45.3 Å². The number of rotatable bonds is 8. The van der Waals surface area contributed by atoms with Crippen molar-refractivity contribution in [2.75, 3.05) is 11.5 Å². The molecule has 8 aromatic rings. The van der Waals surface area contributed by atoms with Crippen LogP contribution in [0.1, 0.15) is 45.7 Å². The van der Waals surface area contributed by atoms with Gasteiger partial charge in [-0.15, -0.1) is 45.3 Å². The van der Waals surface area contributed by atoms with E-state index in [0.29, 0.717) is 21.1 Å². The summed E-state index contributed by atoms with van der Waals surface area (Å²) in [5.74, 6) is -1.16. The van der Waals surface area contributed by atoms with Crippen LogP contribution in [0.4, 0.5) is 11.4 Å². The van der Waals surface area contributed by atoms with Crippen molar-refractivity contribution in [3.05, 3.63) is 117 Å². The molecule has 2 aromatic carbocycles. The zero-order chi connectivity index (χ0) is 37.2. The summed E-state index contributed by atoms with van der Waals surface area (Å²) in [6, 6.07) is 30.3. The molecule has 1 amide bonds. The first-order valence-corrected chi connectivity index (χ1v) is 20.3. The largest absolute Gasteiger partial charge is 0.477 e. The van der Waals surface area contributed by atoms with Gasteiger partial charge in [-0.1, -0.05) is 79.7 Å². The number of aromatic nitrogens is 2. The number of carbonyl (C=O) groups excluding carboxylic acids is 1. The smallest absolute Gasteiger partial charge is 0.348 e. The zero-order valence-electron chi connectivity index (χ0n) is 29.0. The summed E-state index contributed by atoms with van der Waals surface area (Å²) in [6.07, 6.45) is 0.776. The lowest BCUT2D eigenvalue weighted by Crippen LogP contribution is -2.29. The van der Waals surface area contributed by atoms with Gasteiger partial charge in [0.1, 0.15) is 19.4 Å². The number of carbonyl (C=O) groups is 2. The van der Waals surface area contributed by atoms with Crippen LogP contribution in [0.15, 0.2) is 102 Å². The van der Waals surface area contributed by atoms with Crippen LogP contribution in [0.5, 0.6) is 0 Å². The third kappa shape index (κ3) is 7.06. The van der Waals surface area contributed by atoms with E-state index < -0.39 is 5.97 Å². The summed E-state index contributed by atoms with van der Waals surface area (Å²) in [6.45, 7) is 5.96. The molecule has 8 rings (SSSR count). The Bertz CT molecular complexity index is 2560. The molecule has 266 valence electrons. The van der Waals surface area contributed by atoms with Crippen molar-refractivity contribution in [2.24, 2.45) is 0 Å². The van der Waals surface area contributed by atoms with Gasteiger partial charge in [-0.05, 0) is 77.0 Å². The first-order valence-electron chi connectivity index (χ1n) is 16.9.